The minimum absolute atomic E-state index is 0.00322. The molecule has 0 fully saturated rings. The van der Waals surface area contributed by atoms with E-state index in [1.165, 1.54) is 25.7 Å². The molecule has 0 aliphatic heterocycles. The average Bonchev–Trinajstić information content (AvgIpc) is 2.33. The van der Waals surface area contributed by atoms with Gasteiger partial charge in [-0.1, -0.05) is 32.6 Å². The Hall–Kier alpha value is -1.58. The van der Waals surface area contributed by atoms with E-state index < -0.39 is 0 Å². The Balaban J connectivity index is 2.45. The molecule has 1 aromatic rings. The molecule has 0 saturated carbocycles. The van der Waals surface area contributed by atoms with Gasteiger partial charge in [-0.05, 0) is 25.5 Å². The molecule has 0 aliphatic carbocycles. The maximum atomic E-state index is 7.48. The highest BCUT2D eigenvalue weighted by atomic mass is 16.5. The molecule has 100 valence electrons. The van der Waals surface area contributed by atoms with Crippen LogP contribution in [0.5, 0.6) is 5.88 Å². The highest BCUT2D eigenvalue weighted by molar-refractivity contribution is 5.97. The van der Waals surface area contributed by atoms with Crippen molar-refractivity contribution in [2.75, 3.05) is 6.61 Å². The third-order valence-electron chi connectivity index (χ3n) is 2.78. The molecule has 0 atom stereocenters. The summed E-state index contributed by atoms with van der Waals surface area (Å²) >= 11 is 0. The molecular formula is C14H23N3O. The third kappa shape index (κ3) is 4.73. The molecule has 1 aromatic heterocycles. The van der Waals surface area contributed by atoms with Crippen molar-refractivity contribution in [3.05, 3.63) is 23.4 Å². The van der Waals surface area contributed by atoms with Gasteiger partial charge < -0.3 is 10.5 Å². The van der Waals surface area contributed by atoms with Gasteiger partial charge in [0.2, 0.25) is 5.88 Å². The van der Waals surface area contributed by atoms with E-state index >= 15 is 0 Å². The van der Waals surface area contributed by atoms with Crippen molar-refractivity contribution in [3.8, 4) is 5.88 Å². The summed E-state index contributed by atoms with van der Waals surface area (Å²) in [6.07, 6.45) is 5.97. The Labute approximate surface area is 109 Å². The van der Waals surface area contributed by atoms with Gasteiger partial charge in [0.25, 0.3) is 0 Å². The van der Waals surface area contributed by atoms with Gasteiger partial charge in [-0.25, -0.2) is 4.98 Å². The number of nitrogens with zero attached hydrogens (tertiary/aromatic N) is 1. The number of pyridine rings is 1. The molecule has 1 rings (SSSR count). The van der Waals surface area contributed by atoms with Crippen molar-refractivity contribution in [1.82, 2.24) is 4.98 Å². The lowest BCUT2D eigenvalue weighted by Crippen LogP contribution is -2.14. The summed E-state index contributed by atoms with van der Waals surface area (Å²) in [5.41, 5.74) is 6.95. The Bertz CT molecular complexity index is 391. The molecule has 0 unspecified atom stereocenters. The highest BCUT2D eigenvalue weighted by Crippen LogP contribution is 2.16. The zero-order valence-electron chi connectivity index (χ0n) is 11.3. The maximum Gasteiger partial charge on any atom is 0.224 e. The summed E-state index contributed by atoms with van der Waals surface area (Å²) < 4.78 is 5.63. The monoisotopic (exact) mass is 249 g/mol. The number of rotatable bonds is 8. The van der Waals surface area contributed by atoms with Crippen LogP contribution in [0.25, 0.3) is 0 Å². The molecule has 0 aliphatic rings. The van der Waals surface area contributed by atoms with E-state index in [2.05, 4.69) is 11.9 Å². The first-order valence-corrected chi connectivity index (χ1v) is 6.60. The second-order valence-electron chi connectivity index (χ2n) is 4.48. The Morgan fingerprint density at radius 1 is 1.28 bits per heavy atom. The molecule has 0 saturated heterocycles. The van der Waals surface area contributed by atoms with Crippen molar-refractivity contribution in [2.24, 2.45) is 5.73 Å². The van der Waals surface area contributed by atoms with Crippen LogP contribution in [0.1, 0.15) is 50.3 Å². The maximum absolute atomic E-state index is 7.48. The largest absolute Gasteiger partial charge is 0.477 e. The van der Waals surface area contributed by atoms with Crippen molar-refractivity contribution in [3.63, 3.8) is 0 Å². The van der Waals surface area contributed by atoms with Crippen molar-refractivity contribution in [2.45, 2.75) is 46.0 Å². The van der Waals surface area contributed by atoms with Gasteiger partial charge in [0.05, 0.1) is 12.2 Å². The molecule has 0 aromatic carbocycles. The smallest absolute Gasteiger partial charge is 0.224 e. The van der Waals surface area contributed by atoms with E-state index in [1.807, 2.05) is 13.0 Å². The van der Waals surface area contributed by atoms with Crippen LogP contribution in [0.3, 0.4) is 0 Å². The van der Waals surface area contributed by atoms with E-state index in [0.717, 1.165) is 12.1 Å². The predicted octanol–water partition coefficient (Wildman–Crippen LogP) is 3.02. The van der Waals surface area contributed by atoms with Crippen molar-refractivity contribution < 1.29 is 4.74 Å². The lowest BCUT2D eigenvalue weighted by molar-refractivity contribution is 0.292. The first-order valence-electron chi connectivity index (χ1n) is 6.60. The minimum Gasteiger partial charge on any atom is -0.477 e. The van der Waals surface area contributed by atoms with Crippen LogP contribution < -0.4 is 10.5 Å². The van der Waals surface area contributed by atoms with E-state index in [-0.39, 0.29) is 5.84 Å². The Morgan fingerprint density at radius 2 is 2.00 bits per heavy atom. The highest BCUT2D eigenvalue weighted by Gasteiger charge is 2.08. The lowest BCUT2D eigenvalue weighted by Gasteiger charge is -2.10. The molecule has 1 heterocycles. The zero-order chi connectivity index (χ0) is 13.4. The molecule has 0 radical (unpaired) electrons. The quantitative estimate of drug-likeness (QED) is 0.422. The standard InChI is InChI=1S/C14H23N3O/c1-3-4-5-6-7-10-18-14-12(13(15)16)9-8-11(2)17-14/h8-9H,3-7,10H2,1-2H3,(H3,15,16). The topological polar surface area (TPSA) is 72.0 Å². The number of ether oxygens (including phenoxy) is 1. The van der Waals surface area contributed by atoms with E-state index in [1.54, 1.807) is 6.07 Å². The van der Waals surface area contributed by atoms with Gasteiger partial charge in [-0.3, -0.25) is 5.41 Å². The van der Waals surface area contributed by atoms with Crippen molar-refractivity contribution in [1.29, 1.82) is 5.41 Å². The summed E-state index contributed by atoms with van der Waals surface area (Å²) in [4.78, 5) is 4.29. The SMILES string of the molecule is CCCCCCCOc1nc(C)ccc1C(=N)N. The molecule has 4 nitrogen and oxygen atoms in total. The van der Waals surface area contributed by atoms with Crippen LogP contribution in [-0.2, 0) is 0 Å². The number of hydrogen-bond donors (Lipinski definition) is 2. The molecule has 0 bridgehead atoms. The second-order valence-corrected chi connectivity index (χ2v) is 4.48. The lowest BCUT2D eigenvalue weighted by atomic mass is 10.2. The first-order chi connectivity index (χ1) is 8.65. The Morgan fingerprint density at radius 3 is 2.67 bits per heavy atom. The number of hydrogen-bond acceptors (Lipinski definition) is 3. The van der Waals surface area contributed by atoms with Gasteiger partial charge >= 0.3 is 0 Å². The summed E-state index contributed by atoms with van der Waals surface area (Å²) in [5.74, 6) is 0.487. The fourth-order valence-electron chi connectivity index (χ4n) is 1.72. The normalized spacial score (nSPS) is 10.3. The summed E-state index contributed by atoms with van der Waals surface area (Å²) in [6.45, 7) is 4.74. The molecular weight excluding hydrogens is 226 g/mol. The molecule has 0 amide bonds. The van der Waals surface area contributed by atoms with Gasteiger partial charge in [-0.2, -0.15) is 0 Å². The summed E-state index contributed by atoms with van der Waals surface area (Å²) in [6, 6.07) is 3.63. The van der Waals surface area contributed by atoms with Crippen LogP contribution in [0.15, 0.2) is 12.1 Å². The summed E-state index contributed by atoms with van der Waals surface area (Å²) in [5, 5.41) is 7.48. The molecule has 3 N–H and O–H groups in total. The van der Waals surface area contributed by atoms with Gasteiger partial charge in [0, 0.05) is 5.69 Å². The zero-order valence-corrected chi connectivity index (χ0v) is 11.3. The van der Waals surface area contributed by atoms with Gasteiger partial charge in [0.1, 0.15) is 5.84 Å². The number of amidine groups is 1. The van der Waals surface area contributed by atoms with E-state index in [9.17, 15) is 0 Å². The van der Waals surface area contributed by atoms with Crippen LogP contribution >= 0.6 is 0 Å². The van der Waals surface area contributed by atoms with Crippen LogP contribution in [0.4, 0.5) is 0 Å². The molecule has 0 spiro atoms. The summed E-state index contributed by atoms with van der Waals surface area (Å²) in [7, 11) is 0. The Kier molecular flexibility index (Phi) is 6.19. The average molecular weight is 249 g/mol. The molecule has 4 heteroatoms. The predicted molar refractivity (Wildman–Crippen MR) is 74.2 cm³/mol. The van der Waals surface area contributed by atoms with Gasteiger partial charge in [-0.15, -0.1) is 0 Å². The fourth-order valence-corrected chi connectivity index (χ4v) is 1.72. The number of aryl methyl sites for hydroxylation is 1. The van der Waals surface area contributed by atoms with Crippen molar-refractivity contribution >= 4 is 5.84 Å². The van der Waals surface area contributed by atoms with Crippen LogP contribution in [0.2, 0.25) is 0 Å². The van der Waals surface area contributed by atoms with Gasteiger partial charge in [0.15, 0.2) is 0 Å². The number of aromatic nitrogens is 1. The minimum atomic E-state index is 0.00322. The molecule has 18 heavy (non-hydrogen) atoms. The number of nitrogens with one attached hydrogen (secondary N) is 1. The van der Waals surface area contributed by atoms with Crippen LogP contribution in [-0.4, -0.2) is 17.4 Å². The first kappa shape index (κ1) is 14.5. The number of nitrogen functional groups attached to an aromatic ring is 1. The third-order valence-corrected chi connectivity index (χ3v) is 2.78. The number of unbranched alkanes of at least 4 members (excludes halogenated alkanes) is 4. The van der Waals surface area contributed by atoms with E-state index in [4.69, 9.17) is 15.9 Å². The second kappa shape index (κ2) is 7.69. The van der Waals surface area contributed by atoms with E-state index in [0.29, 0.717) is 18.1 Å². The fraction of sp³-hybridized carbons (Fsp3) is 0.571. The van der Waals surface area contributed by atoms with Crippen LogP contribution in [0, 0.1) is 12.3 Å². The number of nitrogens with two attached hydrogens (primary N) is 1.